The Bertz CT molecular complexity index is 366. The Hall–Kier alpha value is -1.30. The van der Waals surface area contributed by atoms with Gasteiger partial charge in [0, 0.05) is 13.1 Å². The maximum absolute atomic E-state index is 12.3. The monoisotopic (exact) mass is 284 g/mol. The van der Waals surface area contributed by atoms with Crippen LogP contribution >= 0.6 is 0 Å². The van der Waals surface area contributed by atoms with Crippen LogP contribution in [0.5, 0.6) is 0 Å². The minimum absolute atomic E-state index is 0.0571. The van der Waals surface area contributed by atoms with Gasteiger partial charge in [-0.05, 0) is 19.3 Å². The van der Waals surface area contributed by atoms with Gasteiger partial charge in [-0.1, -0.05) is 26.2 Å². The summed E-state index contributed by atoms with van der Waals surface area (Å²) < 4.78 is 5.53. The lowest BCUT2D eigenvalue weighted by atomic mass is 9.82. The van der Waals surface area contributed by atoms with Crippen LogP contribution in [0.2, 0.25) is 0 Å². The molecule has 1 saturated carbocycles. The van der Waals surface area contributed by atoms with Gasteiger partial charge in [0.05, 0.1) is 12.7 Å². The van der Waals surface area contributed by atoms with Gasteiger partial charge in [0.2, 0.25) is 0 Å². The summed E-state index contributed by atoms with van der Waals surface area (Å²) in [6.45, 7) is 3.61. The average molecular weight is 284 g/mol. The highest BCUT2D eigenvalue weighted by atomic mass is 16.5. The number of carbonyl (C=O) groups excluding carboxylic acids is 1. The van der Waals surface area contributed by atoms with E-state index in [0.29, 0.717) is 32.5 Å². The Balaban J connectivity index is 1.99. The summed E-state index contributed by atoms with van der Waals surface area (Å²) in [5.41, 5.74) is -1.07. The van der Waals surface area contributed by atoms with E-state index in [2.05, 4.69) is 5.32 Å². The molecule has 20 heavy (non-hydrogen) atoms. The van der Waals surface area contributed by atoms with E-state index in [9.17, 15) is 14.7 Å². The molecule has 6 heteroatoms. The molecule has 2 fully saturated rings. The lowest BCUT2D eigenvalue weighted by molar-refractivity contribution is -0.146. The number of urea groups is 1. The first-order valence-electron chi connectivity index (χ1n) is 7.49. The van der Waals surface area contributed by atoms with Gasteiger partial charge < -0.3 is 20.1 Å². The number of hydrogen-bond acceptors (Lipinski definition) is 3. The highest BCUT2D eigenvalue weighted by Gasteiger charge is 2.42. The number of nitrogens with zero attached hydrogens (tertiary/aromatic N) is 1. The summed E-state index contributed by atoms with van der Waals surface area (Å²) in [5, 5.41) is 12.3. The Morgan fingerprint density at radius 2 is 2.05 bits per heavy atom. The summed E-state index contributed by atoms with van der Waals surface area (Å²) in [5.74, 6) is -0.911. The lowest BCUT2D eigenvalue weighted by Gasteiger charge is -2.38. The van der Waals surface area contributed by atoms with Crippen LogP contribution in [0.3, 0.4) is 0 Å². The number of nitrogens with one attached hydrogen (secondary N) is 1. The summed E-state index contributed by atoms with van der Waals surface area (Å²) in [7, 11) is 0. The first-order valence-corrected chi connectivity index (χ1v) is 7.49. The molecule has 1 atom stereocenters. The number of morpholine rings is 1. The van der Waals surface area contributed by atoms with Gasteiger partial charge in [-0.25, -0.2) is 9.59 Å². The van der Waals surface area contributed by atoms with Crippen molar-refractivity contribution in [1.82, 2.24) is 10.2 Å². The van der Waals surface area contributed by atoms with E-state index in [-0.39, 0.29) is 12.1 Å². The fourth-order valence-corrected chi connectivity index (χ4v) is 2.98. The van der Waals surface area contributed by atoms with Gasteiger partial charge in [-0.15, -0.1) is 0 Å². The Morgan fingerprint density at radius 1 is 1.35 bits per heavy atom. The molecule has 6 nitrogen and oxygen atoms in total. The second kappa shape index (κ2) is 6.43. The highest BCUT2D eigenvalue weighted by molar-refractivity contribution is 5.86. The molecular formula is C14H24N2O4. The van der Waals surface area contributed by atoms with Gasteiger partial charge in [0.25, 0.3) is 0 Å². The van der Waals surface area contributed by atoms with Gasteiger partial charge in [0.1, 0.15) is 5.54 Å². The SMILES string of the molecule is CCC1CN(C(=O)NC2(C(=O)O)CCCCC2)CCO1. The third-order valence-corrected chi connectivity index (χ3v) is 4.34. The molecule has 2 N–H and O–H groups in total. The van der Waals surface area contributed by atoms with E-state index in [0.717, 1.165) is 25.7 Å². The minimum Gasteiger partial charge on any atom is -0.480 e. The Kier molecular flexibility index (Phi) is 4.86. The van der Waals surface area contributed by atoms with E-state index >= 15 is 0 Å². The van der Waals surface area contributed by atoms with Crippen molar-refractivity contribution in [1.29, 1.82) is 0 Å². The maximum atomic E-state index is 12.3. The van der Waals surface area contributed by atoms with Gasteiger partial charge >= 0.3 is 12.0 Å². The number of carbonyl (C=O) groups is 2. The highest BCUT2D eigenvalue weighted by Crippen LogP contribution is 2.28. The Labute approximate surface area is 119 Å². The van der Waals surface area contributed by atoms with Gasteiger partial charge in [-0.3, -0.25) is 0 Å². The number of amides is 2. The van der Waals surface area contributed by atoms with E-state index in [1.54, 1.807) is 4.90 Å². The van der Waals surface area contributed by atoms with E-state index in [1.807, 2.05) is 6.92 Å². The molecule has 0 bridgehead atoms. The first-order chi connectivity index (χ1) is 9.57. The predicted octanol–water partition coefficient (Wildman–Crippen LogP) is 1.59. The molecular weight excluding hydrogens is 260 g/mol. The van der Waals surface area contributed by atoms with Crippen molar-refractivity contribution in [2.75, 3.05) is 19.7 Å². The normalized spacial score (nSPS) is 26.1. The molecule has 1 saturated heterocycles. The first kappa shape index (κ1) is 15.1. The van der Waals surface area contributed by atoms with Gasteiger partial charge in [-0.2, -0.15) is 0 Å². The fraction of sp³-hybridized carbons (Fsp3) is 0.857. The van der Waals surface area contributed by atoms with Crippen LogP contribution in [0.4, 0.5) is 4.79 Å². The van der Waals surface area contributed by atoms with Crippen molar-refractivity contribution >= 4 is 12.0 Å². The zero-order valence-corrected chi connectivity index (χ0v) is 12.1. The van der Waals surface area contributed by atoms with Gasteiger partial charge in [0.15, 0.2) is 0 Å². The molecule has 0 spiro atoms. The number of carboxylic acids is 1. The van der Waals surface area contributed by atoms with Crippen molar-refractivity contribution in [3.8, 4) is 0 Å². The van der Waals surface area contributed by atoms with Crippen LogP contribution in [0.25, 0.3) is 0 Å². The number of rotatable bonds is 3. The van der Waals surface area contributed by atoms with Crippen LogP contribution in [-0.2, 0) is 9.53 Å². The molecule has 0 aromatic heterocycles. The quantitative estimate of drug-likeness (QED) is 0.825. The topological polar surface area (TPSA) is 78.9 Å². The maximum Gasteiger partial charge on any atom is 0.329 e. The van der Waals surface area contributed by atoms with Crippen LogP contribution < -0.4 is 5.32 Å². The molecule has 1 heterocycles. The van der Waals surface area contributed by atoms with Crippen molar-refractivity contribution < 1.29 is 19.4 Å². The second-order valence-electron chi connectivity index (χ2n) is 5.73. The zero-order valence-electron chi connectivity index (χ0n) is 12.1. The summed E-state index contributed by atoms with van der Waals surface area (Å²) >= 11 is 0. The molecule has 2 rings (SSSR count). The molecule has 0 aromatic rings. The minimum atomic E-state index is -1.07. The number of hydrogen-bond donors (Lipinski definition) is 2. The molecule has 114 valence electrons. The summed E-state index contributed by atoms with van der Waals surface area (Å²) in [4.78, 5) is 25.6. The molecule has 2 amide bonds. The van der Waals surface area contributed by atoms with Crippen molar-refractivity contribution in [3.63, 3.8) is 0 Å². The summed E-state index contributed by atoms with van der Waals surface area (Å²) in [6.07, 6.45) is 4.71. The van der Waals surface area contributed by atoms with Crippen molar-refractivity contribution in [2.24, 2.45) is 0 Å². The van der Waals surface area contributed by atoms with Crippen molar-refractivity contribution in [3.05, 3.63) is 0 Å². The van der Waals surface area contributed by atoms with Crippen LogP contribution in [0, 0.1) is 0 Å². The van der Waals surface area contributed by atoms with Crippen LogP contribution in [0.1, 0.15) is 45.4 Å². The Morgan fingerprint density at radius 3 is 2.65 bits per heavy atom. The van der Waals surface area contributed by atoms with E-state index < -0.39 is 11.5 Å². The fourth-order valence-electron chi connectivity index (χ4n) is 2.98. The number of aliphatic carboxylic acids is 1. The number of ether oxygens (including phenoxy) is 1. The second-order valence-corrected chi connectivity index (χ2v) is 5.73. The molecule has 0 aromatic carbocycles. The molecule has 0 radical (unpaired) electrons. The molecule has 1 aliphatic carbocycles. The lowest BCUT2D eigenvalue weighted by Crippen LogP contribution is -2.60. The van der Waals surface area contributed by atoms with E-state index in [1.165, 1.54) is 0 Å². The van der Waals surface area contributed by atoms with Crippen molar-refractivity contribution in [2.45, 2.75) is 57.1 Å². The molecule has 1 unspecified atom stereocenters. The largest absolute Gasteiger partial charge is 0.480 e. The zero-order chi connectivity index (χ0) is 14.6. The standard InChI is InChI=1S/C14H24N2O4/c1-2-11-10-16(8-9-20-11)13(19)15-14(12(17)18)6-4-3-5-7-14/h11H,2-10H2,1H3,(H,15,19)(H,17,18). The smallest absolute Gasteiger partial charge is 0.329 e. The summed E-state index contributed by atoms with van der Waals surface area (Å²) in [6, 6.07) is -0.268. The third-order valence-electron chi connectivity index (χ3n) is 4.34. The average Bonchev–Trinajstić information content (AvgIpc) is 2.48. The molecule has 1 aliphatic heterocycles. The third kappa shape index (κ3) is 3.23. The number of carboxylic acid groups (broad SMARTS) is 1. The van der Waals surface area contributed by atoms with Crippen LogP contribution in [-0.4, -0.2) is 53.3 Å². The van der Waals surface area contributed by atoms with Crippen LogP contribution in [0.15, 0.2) is 0 Å². The van der Waals surface area contributed by atoms with E-state index in [4.69, 9.17) is 4.74 Å². The predicted molar refractivity (Wildman–Crippen MR) is 73.6 cm³/mol. The molecule has 2 aliphatic rings.